The van der Waals surface area contributed by atoms with Crippen LogP contribution in [-0.2, 0) is 25.7 Å². The molecule has 2 aliphatic rings. The summed E-state index contributed by atoms with van der Waals surface area (Å²) in [5, 5.41) is 0. The molecule has 34 heavy (non-hydrogen) atoms. The number of aromatic nitrogens is 4. The van der Waals surface area contributed by atoms with E-state index < -0.39 is 0 Å². The number of nitrogens with one attached hydrogen (secondary N) is 2. The van der Waals surface area contributed by atoms with E-state index in [1.165, 1.54) is 22.3 Å². The number of H-pyrrole nitrogens is 2. The first-order valence-electron chi connectivity index (χ1n) is 12.0. The lowest BCUT2D eigenvalue weighted by molar-refractivity contribution is 1.08. The van der Waals surface area contributed by atoms with Gasteiger partial charge in [0.1, 0.15) is 0 Å². The van der Waals surface area contributed by atoms with Crippen LogP contribution >= 0.6 is 10.0 Å². The first kappa shape index (κ1) is 24.5. The number of halogens is 1. The molecule has 0 aliphatic carbocycles. The minimum absolute atomic E-state index is 0.916. The molecule has 0 amide bonds. The van der Waals surface area contributed by atoms with E-state index >= 15 is 0 Å². The highest BCUT2D eigenvalue weighted by Crippen LogP contribution is 2.27. The number of nitrogens with zero attached hydrogens (tertiary/aromatic N) is 2. The highest BCUT2D eigenvalue weighted by atomic mass is 35.6. The third-order valence-electron chi connectivity index (χ3n) is 6.60. The molecule has 5 rings (SSSR count). The van der Waals surface area contributed by atoms with Gasteiger partial charge in [-0.2, -0.15) is 0 Å². The Morgan fingerprint density at radius 1 is 0.529 bits per heavy atom. The molecule has 8 bridgehead atoms. The van der Waals surface area contributed by atoms with Gasteiger partial charge < -0.3 is 9.97 Å². The Morgan fingerprint density at radius 3 is 0.971 bits per heavy atom. The van der Waals surface area contributed by atoms with Crippen molar-refractivity contribution in [1.29, 1.82) is 0 Å². The molecule has 0 unspecified atom stereocenters. The summed E-state index contributed by atoms with van der Waals surface area (Å²) >= 11 is 1.89. The van der Waals surface area contributed by atoms with Crippen LogP contribution in [0.15, 0.2) is 24.3 Å². The summed E-state index contributed by atoms with van der Waals surface area (Å²) in [5.41, 5.74) is 13.7. The monoisotopic (exact) mass is 484 g/mol. The fourth-order valence-electron chi connectivity index (χ4n) is 4.93. The first-order chi connectivity index (χ1) is 16.7. The van der Waals surface area contributed by atoms with Crippen LogP contribution in [0.1, 0.15) is 72.7 Å². The Balaban J connectivity index is 0.00000133. The van der Waals surface area contributed by atoms with Crippen LogP contribution in [0.4, 0.5) is 0 Å². The maximum absolute atomic E-state index is 5.06. The van der Waals surface area contributed by atoms with Crippen LogP contribution in [0.5, 0.6) is 0 Å². The molecule has 2 N–H and O–H groups in total. The van der Waals surface area contributed by atoms with E-state index in [4.69, 9.17) is 9.97 Å². The van der Waals surface area contributed by atoms with E-state index in [1.807, 2.05) is 15.4 Å². The molecule has 4 nitrogen and oxygen atoms in total. The van der Waals surface area contributed by atoms with Gasteiger partial charge in [0, 0.05) is 44.3 Å². The average Bonchev–Trinajstić information content (AvgIpc) is 3.66. The maximum Gasteiger partial charge on any atom is 0.293 e. The summed E-state index contributed by atoms with van der Waals surface area (Å²) < 4.78 is 0. The zero-order valence-corrected chi connectivity index (χ0v) is 22.2. The summed E-state index contributed by atoms with van der Waals surface area (Å²) in [6, 6.07) is 8.74. The van der Waals surface area contributed by atoms with Gasteiger partial charge in [0.2, 0.25) is 0 Å². The van der Waals surface area contributed by atoms with E-state index in [-0.39, 0.29) is 0 Å². The van der Waals surface area contributed by atoms with Gasteiger partial charge in [0.05, 0.1) is 22.8 Å². The highest BCUT2D eigenvalue weighted by Gasteiger charge is 2.13. The average molecular weight is 485 g/mol. The van der Waals surface area contributed by atoms with Crippen LogP contribution in [0.2, 0.25) is 0 Å². The van der Waals surface area contributed by atoms with Gasteiger partial charge in [-0.25, -0.2) is 9.97 Å². The third-order valence-corrected chi connectivity index (χ3v) is 6.60. The van der Waals surface area contributed by atoms with E-state index in [2.05, 4.69) is 96.3 Å². The number of fused-ring (bicyclic) bond motifs is 8. The molecule has 0 fully saturated rings. The van der Waals surface area contributed by atoms with Crippen molar-refractivity contribution in [3.8, 4) is 0 Å². The van der Waals surface area contributed by atoms with Crippen molar-refractivity contribution >= 4 is 71.8 Å². The van der Waals surface area contributed by atoms with Gasteiger partial charge in [0.15, 0.2) is 0 Å². The number of rotatable bonds is 4. The molecule has 0 saturated carbocycles. The fraction of sp³-hybridized carbons (Fsp3) is 0.286. The summed E-state index contributed by atoms with van der Waals surface area (Å²) in [6.45, 7) is 8.78. The van der Waals surface area contributed by atoms with Crippen molar-refractivity contribution in [2.45, 2.75) is 53.4 Å². The molecule has 2 radical (unpaired) electrons. The van der Waals surface area contributed by atoms with Crippen LogP contribution in [0, 0.1) is 0 Å². The lowest BCUT2D eigenvalue weighted by atomic mass is 10.1. The molecular formula is C28H30AlClN4. The largest absolute Gasteiger partial charge is 0.355 e. The van der Waals surface area contributed by atoms with E-state index in [1.54, 1.807) is 0 Å². The van der Waals surface area contributed by atoms with Crippen LogP contribution in [0.3, 0.4) is 0 Å². The van der Waals surface area contributed by atoms with Crippen molar-refractivity contribution in [2.24, 2.45) is 0 Å². The topological polar surface area (TPSA) is 57.4 Å². The zero-order valence-electron chi connectivity index (χ0n) is 20.3. The molecule has 6 heteroatoms. The van der Waals surface area contributed by atoms with Crippen LogP contribution in [-0.4, -0.2) is 35.3 Å². The van der Waals surface area contributed by atoms with Crippen molar-refractivity contribution in [1.82, 2.24) is 19.9 Å². The molecule has 0 atom stereocenters. The normalized spacial score (nSPS) is 12.0. The number of aryl methyl sites for hydroxylation is 4. The lowest BCUT2D eigenvalue weighted by Crippen LogP contribution is -1.92. The second kappa shape index (κ2) is 10.8. The smallest absolute Gasteiger partial charge is 0.293 e. The van der Waals surface area contributed by atoms with Gasteiger partial charge in [0.25, 0.3) is 15.4 Å². The predicted molar refractivity (Wildman–Crippen MR) is 148 cm³/mol. The predicted octanol–water partition coefficient (Wildman–Crippen LogP) is 7.21. The maximum atomic E-state index is 5.06. The van der Waals surface area contributed by atoms with Crippen molar-refractivity contribution in [3.63, 3.8) is 0 Å². The molecule has 172 valence electrons. The minimum Gasteiger partial charge on any atom is -0.355 e. The van der Waals surface area contributed by atoms with E-state index in [0.29, 0.717) is 0 Å². The molecule has 3 aromatic heterocycles. The van der Waals surface area contributed by atoms with Gasteiger partial charge in [-0.15, -0.1) is 0 Å². The van der Waals surface area contributed by atoms with E-state index in [0.717, 1.165) is 70.5 Å². The second-order valence-electron chi connectivity index (χ2n) is 8.33. The van der Waals surface area contributed by atoms with Gasteiger partial charge in [-0.3, -0.25) is 10.0 Å². The summed E-state index contributed by atoms with van der Waals surface area (Å²) in [4.78, 5) is 17.5. The van der Waals surface area contributed by atoms with Crippen molar-refractivity contribution < 1.29 is 0 Å². The number of hydrogen-bond acceptors (Lipinski definition) is 2. The zero-order chi connectivity index (χ0) is 24.2. The van der Waals surface area contributed by atoms with Crippen LogP contribution in [0.25, 0.3) is 46.4 Å². The summed E-state index contributed by atoms with van der Waals surface area (Å²) in [5.74, 6) is 0. The van der Waals surface area contributed by atoms with Crippen molar-refractivity contribution in [3.05, 3.63) is 69.3 Å². The Hall–Kier alpha value is -2.58. The third kappa shape index (κ3) is 4.41. The molecule has 2 aliphatic heterocycles. The van der Waals surface area contributed by atoms with Gasteiger partial charge >= 0.3 is 0 Å². The standard InChI is InChI=1S/C28H30N4.Al.ClH/c1-5-17-21-9-11-23(29-21)18(6-2)25-13-15-27(31-25)20(8-4)28-16-14-26(32-28)19(7-3)24-12-10-22(17)30-24;;/h9-16,29,32H,5-8H2,1-4H3;;1H/q;+1;/p-1. The number of hydrogen-bond donors (Lipinski definition) is 2. The molecule has 3 aromatic rings. The Bertz CT molecular complexity index is 1220. The summed E-state index contributed by atoms with van der Waals surface area (Å²) in [7, 11) is 4.56. The second-order valence-corrected chi connectivity index (χ2v) is 8.33. The molecule has 0 spiro atoms. The Morgan fingerprint density at radius 2 is 0.765 bits per heavy atom. The Labute approximate surface area is 213 Å². The van der Waals surface area contributed by atoms with Crippen LogP contribution < -0.4 is 0 Å². The Kier molecular flexibility index (Phi) is 7.78. The van der Waals surface area contributed by atoms with Gasteiger partial charge in [-0.1, -0.05) is 27.7 Å². The quantitative estimate of drug-likeness (QED) is 0.265. The van der Waals surface area contributed by atoms with Gasteiger partial charge in [-0.05, 0) is 74.3 Å². The lowest BCUT2D eigenvalue weighted by Gasteiger charge is -2.02. The molecular weight excluding hydrogens is 455 g/mol. The van der Waals surface area contributed by atoms with Crippen molar-refractivity contribution in [2.75, 3.05) is 0 Å². The summed E-state index contributed by atoms with van der Waals surface area (Å²) in [6.07, 6.45) is 12.3. The molecule has 5 heterocycles. The highest BCUT2D eigenvalue weighted by molar-refractivity contribution is 6.80. The fourth-order valence-corrected chi connectivity index (χ4v) is 4.93. The minimum atomic E-state index is 0.916. The SMILES string of the molecule is CCc1c2nc(c(CC)c3ccc([nH]3)c(CC)c3nc(c(CC)c4ccc1[nH]4)C=C3)C=C2.[Al][Cl]. The number of aromatic amines is 2. The molecule has 0 aromatic carbocycles. The first-order valence-corrected chi connectivity index (χ1v) is 13.7. The molecule has 0 saturated heterocycles. The van der Waals surface area contributed by atoms with E-state index in [9.17, 15) is 0 Å².